The van der Waals surface area contributed by atoms with Crippen LogP contribution in [0.2, 0.25) is 0 Å². The molecule has 5 rings (SSSR count). The van der Waals surface area contributed by atoms with Crippen LogP contribution in [-0.2, 0) is 17.8 Å². The smallest absolute Gasteiger partial charge is 0.231 e. The fourth-order valence-electron chi connectivity index (χ4n) is 3.62. The number of nitrogens with one attached hydrogen (secondary N) is 1. The first-order chi connectivity index (χ1) is 14.3. The number of para-hydroxylation sites is 1. The van der Waals surface area contributed by atoms with Crippen LogP contribution < -0.4 is 14.4 Å². The van der Waals surface area contributed by atoms with Gasteiger partial charge >= 0.3 is 0 Å². The Balaban J connectivity index is 1.47. The fourth-order valence-corrected chi connectivity index (χ4v) is 4.31. The van der Waals surface area contributed by atoms with Gasteiger partial charge in [0.25, 0.3) is 0 Å². The summed E-state index contributed by atoms with van der Waals surface area (Å²) in [4.78, 5) is 19.6. The molecule has 0 unspecified atom stereocenters. The van der Waals surface area contributed by atoms with Crippen molar-refractivity contribution >= 4 is 33.8 Å². The van der Waals surface area contributed by atoms with Crippen molar-refractivity contribution in [2.24, 2.45) is 0 Å². The van der Waals surface area contributed by atoms with Gasteiger partial charge in [0.15, 0.2) is 11.5 Å². The summed E-state index contributed by atoms with van der Waals surface area (Å²) in [7, 11) is 0. The van der Waals surface area contributed by atoms with Crippen molar-refractivity contribution in [1.82, 2.24) is 4.98 Å². The van der Waals surface area contributed by atoms with E-state index in [1.807, 2.05) is 65.0 Å². The zero-order valence-corrected chi connectivity index (χ0v) is 16.6. The van der Waals surface area contributed by atoms with Crippen molar-refractivity contribution in [2.75, 3.05) is 18.1 Å². The number of benzene rings is 2. The number of anilines is 1. The lowest BCUT2D eigenvalue weighted by molar-refractivity contribution is -0.118. The largest absolute Gasteiger partial charge is 0.486 e. The molecule has 1 N–H and O–H groups in total. The van der Waals surface area contributed by atoms with E-state index in [-0.39, 0.29) is 5.91 Å². The molecule has 0 aliphatic carbocycles. The Bertz CT molecular complexity index is 1150. The predicted octanol–water partition coefficient (Wildman–Crippen LogP) is 4.78. The second kappa shape index (κ2) is 7.64. The molecule has 29 heavy (non-hydrogen) atoms. The van der Waals surface area contributed by atoms with Crippen molar-refractivity contribution in [1.29, 1.82) is 0 Å². The molecule has 3 heterocycles. The Morgan fingerprint density at radius 3 is 2.76 bits per heavy atom. The van der Waals surface area contributed by atoms with E-state index in [1.54, 1.807) is 11.3 Å². The van der Waals surface area contributed by atoms with Crippen molar-refractivity contribution in [3.63, 3.8) is 0 Å². The molecule has 1 aliphatic heterocycles. The van der Waals surface area contributed by atoms with E-state index in [4.69, 9.17) is 9.47 Å². The van der Waals surface area contributed by atoms with Crippen LogP contribution in [0.3, 0.4) is 0 Å². The molecule has 146 valence electrons. The van der Waals surface area contributed by atoms with Gasteiger partial charge in [-0.3, -0.25) is 4.79 Å². The molecule has 5 nitrogen and oxygen atoms in total. The SMILES string of the molecule is O=C(Cc1c[nH]c2ccccc12)N(Cc1cccs1)c1ccc2c(c1)OCCO2. The zero-order valence-electron chi connectivity index (χ0n) is 15.8. The number of H-pyrrole nitrogens is 1. The molecule has 0 bridgehead atoms. The summed E-state index contributed by atoms with van der Waals surface area (Å²) in [5.41, 5.74) is 2.85. The summed E-state index contributed by atoms with van der Waals surface area (Å²) in [5, 5.41) is 3.11. The average molecular weight is 404 g/mol. The van der Waals surface area contributed by atoms with E-state index < -0.39 is 0 Å². The molecule has 0 atom stereocenters. The number of amides is 1. The van der Waals surface area contributed by atoms with Gasteiger partial charge in [-0.1, -0.05) is 24.3 Å². The van der Waals surface area contributed by atoms with Crippen LogP contribution >= 0.6 is 11.3 Å². The third-order valence-electron chi connectivity index (χ3n) is 5.05. The number of hydrogen-bond acceptors (Lipinski definition) is 4. The molecule has 0 radical (unpaired) electrons. The third-order valence-corrected chi connectivity index (χ3v) is 5.91. The Morgan fingerprint density at radius 1 is 1.03 bits per heavy atom. The summed E-state index contributed by atoms with van der Waals surface area (Å²) in [6.45, 7) is 1.59. The molecule has 2 aromatic carbocycles. The quantitative estimate of drug-likeness (QED) is 0.521. The highest BCUT2D eigenvalue weighted by Gasteiger charge is 2.21. The highest BCUT2D eigenvalue weighted by Crippen LogP contribution is 2.35. The molecule has 2 aromatic heterocycles. The number of hydrogen-bond donors (Lipinski definition) is 1. The van der Waals surface area contributed by atoms with E-state index in [9.17, 15) is 4.79 Å². The molecule has 6 heteroatoms. The first-order valence-electron chi connectivity index (χ1n) is 9.55. The molecule has 0 spiro atoms. The number of thiophene rings is 1. The summed E-state index contributed by atoms with van der Waals surface area (Å²) in [6.07, 6.45) is 2.25. The molecule has 1 aliphatic rings. The number of aromatic nitrogens is 1. The topological polar surface area (TPSA) is 54.6 Å². The van der Waals surface area contributed by atoms with Gasteiger partial charge in [-0.15, -0.1) is 11.3 Å². The molecular formula is C23H20N2O3S. The number of carbonyl (C=O) groups excluding carboxylic acids is 1. The Kier molecular flexibility index (Phi) is 4.69. The minimum Gasteiger partial charge on any atom is -0.486 e. The van der Waals surface area contributed by atoms with Crippen molar-refractivity contribution in [2.45, 2.75) is 13.0 Å². The Morgan fingerprint density at radius 2 is 1.90 bits per heavy atom. The average Bonchev–Trinajstić information content (AvgIpc) is 3.42. The van der Waals surface area contributed by atoms with Crippen LogP contribution in [0.15, 0.2) is 66.2 Å². The maximum Gasteiger partial charge on any atom is 0.231 e. The van der Waals surface area contributed by atoms with Gasteiger partial charge < -0.3 is 19.4 Å². The van der Waals surface area contributed by atoms with Crippen molar-refractivity contribution in [3.05, 3.63) is 76.6 Å². The van der Waals surface area contributed by atoms with Gasteiger partial charge in [0.05, 0.1) is 13.0 Å². The first kappa shape index (κ1) is 17.8. The summed E-state index contributed by atoms with van der Waals surface area (Å²) in [6, 6.07) is 17.8. The van der Waals surface area contributed by atoms with E-state index in [1.165, 1.54) is 0 Å². The number of aromatic amines is 1. The lowest BCUT2D eigenvalue weighted by atomic mass is 10.1. The van der Waals surface area contributed by atoms with Crippen LogP contribution in [0.25, 0.3) is 10.9 Å². The molecule has 0 saturated carbocycles. The maximum absolute atomic E-state index is 13.4. The minimum absolute atomic E-state index is 0.0415. The van der Waals surface area contributed by atoms with Gasteiger partial charge in [0, 0.05) is 33.7 Å². The Labute approximate surface area is 172 Å². The molecule has 4 aromatic rings. The standard InChI is InChI=1S/C23H20N2O3S/c26-23(12-16-14-24-20-6-2-1-5-19(16)20)25(15-18-4-3-11-29-18)17-7-8-21-22(13-17)28-10-9-27-21/h1-8,11,13-14,24H,9-10,12,15H2. The van der Waals surface area contributed by atoms with Crippen LogP contribution in [0, 0.1) is 0 Å². The van der Waals surface area contributed by atoms with Gasteiger partial charge in [-0.2, -0.15) is 0 Å². The fraction of sp³-hybridized carbons (Fsp3) is 0.174. The van der Waals surface area contributed by atoms with Crippen LogP contribution in [0.5, 0.6) is 11.5 Å². The maximum atomic E-state index is 13.4. The van der Waals surface area contributed by atoms with Gasteiger partial charge in [0.2, 0.25) is 5.91 Å². The lowest BCUT2D eigenvalue weighted by Gasteiger charge is -2.25. The molecule has 1 amide bonds. The second-order valence-electron chi connectivity index (χ2n) is 6.92. The second-order valence-corrected chi connectivity index (χ2v) is 7.96. The first-order valence-corrected chi connectivity index (χ1v) is 10.4. The highest BCUT2D eigenvalue weighted by atomic mass is 32.1. The van der Waals surface area contributed by atoms with Crippen LogP contribution in [-0.4, -0.2) is 24.1 Å². The molecule has 0 fully saturated rings. The normalized spacial score (nSPS) is 12.8. The highest BCUT2D eigenvalue weighted by molar-refractivity contribution is 7.09. The van der Waals surface area contributed by atoms with Gasteiger partial charge in [-0.05, 0) is 35.2 Å². The number of carbonyl (C=O) groups is 1. The number of rotatable bonds is 5. The summed E-state index contributed by atoms with van der Waals surface area (Å²) in [5.74, 6) is 1.45. The summed E-state index contributed by atoms with van der Waals surface area (Å²) >= 11 is 1.65. The monoisotopic (exact) mass is 404 g/mol. The zero-order chi connectivity index (χ0) is 19.6. The number of fused-ring (bicyclic) bond motifs is 2. The molecule has 0 saturated heterocycles. The van der Waals surface area contributed by atoms with Crippen LogP contribution in [0.4, 0.5) is 5.69 Å². The van der Waals surface area contributed by atoms with E-state index in [0.29, 0.717) is 31.9 Å². The minimum atomic E-state index is 0.0415. The number of nitrogens with zero attached hydrogens (tertiary/aromatic N) is 1. The van der Waals surface area contributed by atoms with Gasteiger partial charge in [-0.25, -0.2) is 0 Å². The number of ether oxygens (including phenoxy) is 2. The van der Waals surface area contributed by atoms with Gasteiger partial charge in [0.1, 0.15) is 13.2 Å². The van der Waals surface area contributed by atoms with Crippen molar-refractivity contribution in [3.8, 4) is 11.5 Å². The lowest BCUT2D eigenvalue weighted by Crippen LogP contribution is -2.31. The van der Waals surface area contributed by atoms with Crippen LogP contribution in [0.1, 0.15) is 10.4 Å². The van der Waals surface area contributed by atoms with Crippen molar-refractivity contribution < 1.29 is 14.3 Å². The van der Waals surface area contributed by atoms with E-state index in [2.05, 4.69) is 11.1 Å². The Hall–Kier alpha value is -3.25. The summed E-state index contributed by atoms with van der Waals surface area (Å²) < 4.78 is 11.4. The third kappa shape index (κ3) is 3.59. The van der Waals surface area contributed by atoms with E-state index >= 15 is 0 Å². The predicted molar refractivity (Wildman–Crippen MR) is 115 cm³/mol. The molecular weight excluding hydrogens is 384 g/mol. The van der Waals surface area contributed by atoms with E-state index in [0.717, 1.165) is 32.8 Å².